The average Bonchev–Trinajstić information content (AvgIpc) is 3.46. The van der Waals surface area contributed by atoms with Crippen LogP contribution in [0.3, 0.4) is 0 Å². The molecule has 1 aliphatic rings. The van der Waals surface area contributed by atoms with Crippen LogP contribution in [0.1, 0.15) is 65.8 Å². The van der Waals surface area contributed by atoms with Gasteiger partial charge in [0.05, 0.1) is 26.5 Å². The van der Waals surface area contributed by atoms with Gasteiger partial charge in [0.25, 0.3) is 0 Å². The minimum Gasteiger partial charge on any atom is -0.493 e. The van der Waals surface area contributed by atoms with Crippen molar-refractivity contribution < 1.29 is 14.3 Å². The van der Waals surface area contributed by atoms with Gasteiger partial charge >= 0.3 is 0 Å². The van der Waals surface area contributed by atoms with Crippen LogP contribution in [0, 0.1) is 6.92 Å². The number of Topliss-reactive ketones (excluding diaryl/α,β-unsaturated/α-hetero) is 1. The lowest BCUT2D eigenvalue weighted by molar-refractivity contribution is 0.0959. The maximum Gasteiger partial charge on any atom is 0.180 e. The van der Waals surface area contributed by atoms with E-state index in [9.17, 15) is 4.79 Å². The van der Waals surface area contributed by atoms with E-state index in [-0.39, 0.29) is 11.2 Å². The third-order valence-electron chi connectivity index (χ3n) is 6.82. The molecule has 0 amide bonds. The van der Waals surface area contributed by atoms with Gasteiger partial charge in [-0.05, 0) is 73.1 Å². The van der Waals surface area contributed by atoms with Gasteiger partial charge in [-0.15, -0.1) is 0 Å². The molecule has 0 aliphatic heterocycles. The zero-order valence-electron chi connectivity index (χ0n) is 19.6. The van der Waals surface area contributed by atoms with Crippen LogP contribution in [0.25, 0.3) is 0 Å². The molecule has 0 atom stereocenters. The highest BCUT2D eigenvalue weighted by molar-refractivity contribution is 6.30. The summed E-state index contributed by atoms with van der Waals surface area (Å²) in [5.41, 5.74) is 3.81. The Morgan fingerprint density at radius 1 is 1.03 bits per heavy atom. The van der Waals surface area contributed by atoms with Crippen LogP contribution in [0.5, 0.6) is 11.5 Å². The van der Waals surface area contributed by atoms with Crippen molar-refractivity contribution in [2.75, 3.05) is 14.2 Å². The highest BCUT2D eigenvalue weighted by Crippen LogP contribution is 2.46. The first-order valence-corrected chi connectivity index (χ1v) is 11.9. The summed E-state index contributed by atoms with van der Waals surface area (Å²) in [6.45, 7) is 2.48. The molecule has 0 radical (unpaired) electrons. The third kappa shape index (κ3) is 5.09. The van der Waals surface area contributed by atoms with Crippen molar-refractivity contribution in [3.05, 3.63) is 76.1 Å². The monoisotopic (exact) mass is 466 g/mol. The van der Waals surface area contributed by atoms with Crippen molar-refractivity contribution in [1.82, 2.24) is 9.78 Å². The number of carbonyl (C=O) groups is 1. The molecule has 6 heteroatoms. The number of halogens is 1. The third-order valence-corrected chi connectivity index (χ3v) is 7.07. The highest BCUT2D eigenvalue weighted by atomic mass is 35.5. The van der Waals surface area contributed by atoms with Gasteiger partial charge in [0, 0.05) is 11.4 Å². The molecule has 0 spiro atoms. The first-order chi connectivity index (χ1) is 15.9. The summed E-state index contributed by atoms with van der Waals surface area (Å²) < 4.78 is 12.8. The van der Waals surface area contributed by atoms with E-state index in [1.807, 2.05) is 48.0 Å². The molecule has 0 unspecified atom stereocenters. The number of carbonyl (C=O) groups excluding carboxylic acids is 1. The van der Waals surface area contributed by atoms with Crippen LogP contribution in [0.4, 0.5) is 0 Å². The molecule has 1 heterocycles. The molecule has 4 rings (SSSR count). The molecule has 1 fully saturated rings. The Labute approximate surface area is 200 Å². The molecule has 2 aromatic carbocycles. The number of ether oxygens (including phenoxy) is 2. The van der Waals surface area contributed by atoms with E-state index in [2.05, 4.69) is 17.2 Å². The number of hydrogen-bond acceptors (Lipinski definition) is 4. The Kier molecular flexibility index (Phi) is 7.08. The van der Waals surface area contributed by atoms with Crippen LogP contribution >= 0.6 is 11.6 Å². The normalized spacial score (nSPS) is 14.9. The molecule has 1 aromatic heterocycles. The number of nitrogens with zero attached hydrogens (tertiary/aromatic N) is 2. The largest absolute Gasteiger partial charge is 0.493 e. The number of aromatic nitrogens is 2. The molecular formula is C27H31ClN2O3. The van der Waals surface area contributed by atoms with E-state index < -0.39 is 0 Å². The summed E-state index contributed by atoms with van der Waals surface area (Å²) in [5, 5.41) is 5.28. The van der Waals surface area contributed by atoms with Gasteiger partial charge in [-0.25, -0.2) is 0 Å². The Hall–Kier alpha value is -2.79. The van der Waals surface area contributed by atoms with Crippen molar-refractivity contribution in [2.45, 2.75) is 57.4 Å². The lowest BCUT2D eigenvalue weighted by Gasteiger charge is -2.30. The summed E-state index contributed by atoms with van der Waals surface area (Å²) >= 11 is 6.01. The van der Waals surface area contributed by atoms with Crippen molar-refractivity contribution in [1.29, 1.82) is 0 Å². The minimum absolute atomic E-state index is 0.00864. The lowest BCUT2D eigenvalue weighted by Crippen LogP contribution is -2.24. The zero-order valence-corrected chi connectivity index (χ0v) is 20.3. The smallest absolute Gasteiger partial charge is 0.180 e. The molecule has 0 bridgehead atoms. The van der Waals surface area contributed by atoms with Crippen LogP contribution in [0.2, 0.25) is 5.02 Å². The van der Waals surface area contributed by atoms with Crippen molar-refractivity contribution >= 4 is 17.4 Å². The molecule has 174 valence electrons. The summed E-state index contributed by atoms with van der Waals surface area (Å²) in [6.07, 6.45) is 5.82. The number of rotatable bonds is 9. The first kappa shape index (κ1) is 23.4. The predicted molar refractivity (Wildman–Crippen MR) is 131 cm³/mol. The van der Waals surface area contributed by atoms with Crippen molar-refractivity contribution in [3.63, 3.8) is 0 Å². The molecule has 33 heavy (non-hydrogen) atoms. The predicted octanol–water partition coefficient (Wildman–Crippen LogP) is 6.39. The second kappa shape index (κ2) is 10.0. The van der Waals surface area contributed by atoms with E-state index >= 15 is 0 Å². The van der Waals surface area contributed by atoms with Gasteiger partial charge in [0.15, 0.2) is 17.3 Å². The lowest BCUT2D eigenvalue weighted by atomic mass is 9.74. The number of methoxy groups -OCH3 is 2. The Morgan fingerprint density at radius 2 is 1.73 bits per heavy atom. The Bertz CT molecular complexity index is 1110. The molecule has 5 nitrogen and oxygen atoms in total. The Balaban J connectivity index is 1.53. The summed E-state index contributed by atoms with van der Waals surface area (Å²) in [7, 11) is 3.31. The fraction of sp³-hybridized carbons (Fsp3) is 0.407. The maximum absolute atomic E-state index is 13.4. The standard InChI is InChI=1S/C27H31ClN2O3/c1-19-16-23(30(29-19)18-20-6-9-22(28)10-7-20)24(31)12-15-27(13-4-5-14-27)21-8-11-25(32-2)26(17-21)33-3/h6-11,16-17H,4-5,12-15,18H2,1-3H3. The Morgan fingerprint density at radius 3 is 2.39 bits per heavy atom. The van der Waals surface area contributed by atoms with Gasteiger partial charge in [-0.1, -0.05) is 42.6 Å². The summed E-state index contributed by atoms with van der Waals surface area (Å²) in [4.78, 5) is 13.4. The molecule has 0 N–H and O–H groups in total. The van der Waals surface area contributed by atoms with Gasteiger partial charge in [0.1, 0.15) is 5.69 Å². The summed E-state index contributed by atoms with van der Waals surface area (Å²) in [6, 6.07) is 15.8. The number of aryl methyl sites for hydroxylation is 1. The number of benzene rings is 2. The van der Waals surface area contributed by atoms with Crippen LogP contribution < -0.4 is 9.47 Å². The number of hydrogen-bond donors (Lipinski definition) is 0. The van der Waals surface area contributed by atoms with Crippen LogP contribution in [0.15, 0.2) is 48.5 Å². The van der Waals surface area contributed by atoms with Gasteiger partial charge in [-0.3, -0.25) is 9.48 Å². The molecule has 1 saturated carbocycles. The van der Waals surface area contributed by atoms with Crippen molar-refractivity contribution in [2.24, 2.45) is 0 Å². The molecular weight excluding hydrogens is 436 g/mol. The second-order valence-corrected chi connectivity index (χ2v) is 9.37. The quantitative estimate of drug-likeness (QED) is 0.343. The van der Waals surface area contributed by atoms with E-state index in [4.69, 9.17) is 21.1 Å². The number of ketones is 1. The fourth-order valence-electron chi connectivity index (χ4n) is 5.03. The van der Waals surface area contributed by atoms with Gasteiger partial charge < -0.3 is 9.47 Å². The van der Waals surface area contributed by atoms with Crippen molar-refractivity contribution in [3.8, 4) is 11.5 Å². The van der Waals surface area contributed by atoms with Gasteiger partial charge in [-0.2, -0.15) is 5.10 Å². The molecule has 1 aliphatic carbocycles. The van der Waals surface area contributed by atoms with Gasteiger partial charge in [0.2, 0.25) is 0 Å². The summed E-state index contributed by atoms with van der Waals surface area (Å²) in [5.74, 6) is 1.60. The minimum atomic E-state index is -0.00864. The van der Waals surface area contributed by atoms with E-state index in [1.165, 1.54) is 18.4 Å². The second-order valence-electron chi connectivity index (χ2n) is 8.94. The molecule has 0 saturated heterocycles. The van der Waals surface area contributed by atoms with E-state index in [1.54, 1.807) is 14.2 Å². The van der Waals surface area contributed by atoms with E-state index in [0.717, 1.165) is 42.0 Å². The van der Waals surface area contributed by atoms with Crippen LogP contribution in [-0.4, -0.2) is 29.8 Å². The fourth-order valence-corrected chi connectivity index (χ4v) is 5.16. The first-order valence-electron chi connectivity index (χ1n) is 11.5. The highest BCUT2D eigenvalue weighted by Gasteiger charge is 2.36. The maximum atomic E-state index is 13.4. The average molecular weight is 467 g/mol. The topological polar surface area (TPSA) is 53.3 Å². The van der Waals surface area contributed by atoms with Crippen LogP contribution in [-0.2, 0) is 12.0 Å². The SMILES string of the molecule is COc1ccc(C2(CCC(=O)c3cc(C)nn3Cc3ccc(Cl)cc3)CCCC2)cc1OC. The van der Waals surface area contributed by atoms with E-state index in [0.29, 0.717) is 23.7 Å². The molecule has 3 aromatic rings. The zero-order chi connectivity index (χ0) is 23.4.